The number of esters is 1. The minimum Gasteiger partial charge on any atom is -0.457 e. The smallest absolute Gasteiger partial charge is 0.338 e. The Bertz CT molecular complexity index is 668. The molecular formula is C17H16FNO3. The van der Waals surface area contributed by atoms with Gasteiger partial charge < -0.3 is 10.1 Å². The normalized spacial score (nSPS) is 10.1. The molecule has 0 unspecified atom stereocenters. The van der Waals surface area contributed by atoms with Crippen molar-refractivity contribution in [3.63, 3.8) is 0 Å². The summed E-state index contributed by atoms with van der Waals surface area (Å²) < 4.78 is 18.1. The Morgan fingerprint density at radius 2 is 1.82 bits per heavy atom. The molecule has 1 amide bonds. The van der Waals surface area contributed by atoms with Crippen LogP contribution in [0.25, 0.3) is 0 Å². The fraction of sp³-hybridized carbons (Fsp3) is 0.176. The van der Waals surface area contributed by atoms with Crippen LogP contribution in [0.3, 0.4) is 0 Å². The van der Waals surface area contributed by atoms with Gasteiger partial charge >= 0.3 is 5.97 Å². The molecule has 114 valence electrons. The third kappa shape index (κ3) is 4.70. The number of benzene rings is 2. The number of nitrogens with one attached hydrogen (secondary N) is 1. The highest BCUT2D eigenvalue weighted by atomic mass is 19.1. The third-order valence-electron chi connectivity index (χ3n) is 2.99. The summed E-state index contributed by atoms with van der Waals surface area (Å²) in [6, 6.07) is 12.7. The van der Waals surface area contributed by atoms with Crippen molar-refractivity contribution in [1.29, 1.82) is 0 Å². The minimum absolute atomic E-state index is 0.0181. The molecule has 0 atom stereocenters. The Morgan fingerprint density at radius 1 is 1.09 bits per heavy atom. The van der Waals surface area contributed by atoms with Crippen molar-refractivity contribution >= 4 is 11.9 Å². The summed E-state index contributed by atoms with van der Waals surface area (Å²) >= 11 is 0. The van der Waals surface area contributed by atoms with Crippen LogP contribution in [0.4, 0.5) is 4.39 Å². The van der Waals surface area contributed by atoms with Gasteiger partial charge in [0.2, 0.25) is 5.91 Å². The largest absolute Gasteiger partial charge is 0.457 e. The van der Waals surface area contributed by atoms with Crippen LogP contribution >= 0.6 is 0 Å². The lowest BCUT2D eigenvalue weighted by Crippen LogP contribution is -2.18. The van der Waals surface area contributed by atoms with Gasteiger partial charge in [-0.15, -0.1) is 0 Å². The first kappa shape index (κ1) is 15.7. The number of rotatable bonds is 5. The Morgan fingerprint density at radius 3 is 2.45 bits per heavy atom. The molecule has 0 heterocycles. The predicted octanol–water partition coefficient (Wildman–Crippen LogP) is 2.82. The second-order valence-corrected chi connectivity index (χ2v) is 4.81. The summed E-state index contributed by atoms with van der Waals surface area (Å²) in [6.45, 7) is 1.87. The molecule has 0 aliphatic carbocycles. The molecule has 0 bridgehead atoms. The second kappa shape index (κ2) is 7.36. The molecular weight excluding hydrogens is 285 g/mol. The van der Waals surface area contributed by atoms with E-state index in [2.05, 4.69) is 5.32 Å². The van der Waals surface area contributed by atoms with Gasteiger partial charge in [0.05, 0.1) is 5.56 Å². The van der Waals surface area contributed by atoms with Gasteiger partial charge in [0.25, 0.3) is 0 Å². The fourth-order valence-corrected chi connectivity index (χ4v) is 1.84. The van der Waals surface area contributed by atoms with E-state index in [1.54, 1.807) is 36.4 Å². The van der Waals surface area contributed by atoms with Crippen LogP contribution in [-0.2, 0) is 22.7 Å². The maximum Gasteiger partial charge on any atom is 0.338 e. The Balaban J connectivity index is 1.91. The van der Waals surface area contributed by atoms with E-state index in [9.17, 15) is 14.0 Å². The molecule has 2 aromatic carbocycles. The van der Waals surface area contributed by atoms with Crippen LogP contribution in [0, 0.1) is 5.82 Å². The van der Waals surface area contributed by atoms with Crippen molar-refractivity contribution in [2.24, 2.45) is 0 Å². The number of hydrogen-bond donors (Lipinski definition) is 1. The zero-order valence-electron chi connectivity index (χ0n) is 12.1. The van der Waals surface area contributed by atoms with Gasteiger partial charge in [-0.3, -0.25) is 4.79 Å². The van der Waals surface area contributed by atoms with Crippen LogP contribution in [0.5, 0.6) is 0 Å². The molecule has 0 radical (unpaired) electrons. The van der Waals surface area contributed by atoms with E-state index >= 15 is 0 Å². The summed E-state index contributed by atoms with van der Waals surface area (Å²) in [5.74, 6) is -0.954. The van der Waals surface area contributed by atoms with E-state index in [4.69, 9.17) is 4.74 Å². The lowest BCUT2D eigenvalue weighted by Gasteiger charge is -2.06. The predicted molar refractivity (Wildman–Crippen MR) is 79.5 cm³/mol. The van der Waals surface area contributed by atoms with Crippen molar-refractivity contribution in [3.8, 4) is 0 Å². The van der Waals surface area contributed by atoms with Crippen LogP contribution in [-0.4, -0.2) is 11.9 Å². The molecule has 0 spiro atoms. The SMILES string of the molecule is CC(=O)NCc1ccc(C(=O)OCc2cccc(F)c2)cc1. The quantitative estimate of drug-likeness (QED) is 0.864. The topological polar surface area (TPSA) is 55.4 Å². The van der Waals surface area contributed by atoms with Crippen LogP contribution < -0.4 is 5.32 Å². The second-order valence-electron chi connectivity index (χ2n) is 4.81. The number of carbonyl (C=O) groups is 2. The van der Waals surface area contributed by atoms with Crippen LogP contribution in [0.1, 0.15) is 28.4 Å². The van der Waals surface area contributed by atoms with Crippen molar-refractivity contribution in [1.82, 2.24) is 5.32 Å². The molecule has 2 aromatic rings. The number of halogens is 1. The average molecular weight is 301 g/mol. The van der Waals surface area contributed by atoms with Crippen molar-refractivity contribution in [2.75, 3.05) is 0 Å². The van der Waals surface area contributed by atoms with E-state index in [-0.39, 0.29) is 18.3 Å². The van der Waals surface area contributed by atoms with Gasteiger partial charge in [0.15, 0.2) is 0 Å². The summed E-state index contributed by atoms with van der Waals surface area (Å²) in [7, 11) is 0. The zero-order valence-corrected chi connectivity index (χ0v) is 12.1. The molecule has 22 heavy (non-hydrogen) atoms. The first-order chi connectivity index (χ1) is 10.5. The summed E-state index contributed by atoms with van der Waals surface area (Å²) in [4.78, 5) is 22.7. The van der Waals surface area contributed by atoms with Gasteiger partial charge in [0, 0.05) is 13.5 Å². The van der Waals surface area contributed by atoms with Crippen LogP contribution in [0.2, 0.25) is 0 Å². The van der Waals surface area contributed by atoms with Gasteiger partial charge in [-0.2, -0.15) is 0 Å². The zero-order chi connectivity index (χ0) is 15.9. The maximum atomic E-state index is 13.0. The molecule has 0 saturated heterocycles. The van der Waals surface area contributed by atoms with Crippen molar-refractivity contribution in [3.05, 3.63) is 71.0 Å². The highest BCUT2D eigenvalue weighted by molar-refractivity contribution is 5.89. The lowest BCUT2D eigenvalue weighted by atomic mass is 10.1. The highest BCUT2D eigenvalue weighted by Crippen LogP contribution is 2.09. The molecule has 0 aliphatic heterocycles. The molecule has 0 aliphatic rings. The minimum atomic E-state index is -0.477. The monoisotopic (exact) mass is 301 g/mol. The van der Waals surface area contributed by atoms with Crippen LogP contribution in [0.15, 0.2) is 48.5 Å². The first-order valence-electron chi connectivity index (χ1n) is 6.79. The van der Waals surface area contributed by atoms with E-state index in [0.717, 1.165) is 5.56 Å². The van der Waals surface area contributed by atoms with Crippen molar-refractivity contribution in [2.45, 2.75) is 20.1 Å². The molecule has 0 aromatic heterocycles. The third-order valence-corrected chi connectivity index (χ3v) is 2.99. The molecule has 0 fully saturated rings. The Labute approximate surface area is 127 Å². The number of carbonyl (C=O) groups excluding carboxylic acids is 2. The molecule has 1 N–H and O–H groups in total. The van der Waals surface area contributed by atoms with Gasteiger partial charge in [0.1, 0.15) is 12.4 Å². The lowest BCUT2D eigenvalue weighted by molar-refractivity contribution is -0.119. The standard InChI is InChI=1S/C17H16FNO3/c1-12(20)19-10-13-5-7-15(8-6-13)17(21)22-11-14-3-2-4-16(18)9-14/h2-9H,10-11H2,1H3,(H,19,20). The summed E-state index contributed by atoms with van der Waals surface area (Å²) in [5, 5.41) is 2.67. The fourth-order valence-electron chi connectivity index (χ4n) is 1.84. The first-order valence-corrected chi connectivity index (χ1v) is 6.79. The average Bonchev–Trinajstić information content (AvgIpc) is 2.51. The van der Waals surface area contributed by atoms with E-state index < -0.39 is 5.97 Å². The van der Waals surface area contributed by atoms with Gasteiger partial charge in [-0.1, -0.05) is 24.3 Å². The molecule has 2 rings (SSSR count). The van der Waals surface area contributed by atoms with Gasteiger partial charge in [-0.25, -0.2) is 9.18 Å². The molecule has 4 nitrogen and oxygen atoms in total. The summed E-state index contributed by atoms with van der Waals surface area (Å²) in [5.41, 5.74) is 1.88. The summed E-state index contributed by atoms with van der Waals surface area (Å²) in [6.07, 6.45) is 0. The molecule has 0 saturated carbocycles. The number of hydrogen-bond acceptors (Lipinski definition) is 3. The van der Waals surface area contributed by atoms with E-state index in [1.165, 1.54) is 19.1 Å². The van der Waals surface area contributed by atoms with E-state index in [0.29, 0.717) is 17.7 Å². The number of ether oxygens (including phenoxy) is 1. The van der Waals surface area contributed by atoms with Crippen molar-refractivity contribution < 1.29 is 18.7 Å². The Kier molecular flexibility index (Phi) is 5.25. The molecule has 5 heteroatoms. The maximum absolute atomic E-state index is 13.0. The Hall–Kier alpha value is -2.69. The van der Waals surface area contributed by atoms with E-state index in [1.807, 2.05) is 0 Å². The van der Waals surface area contributed by atoms with Gasteiger partial charge in [-0.05, 0) is 35.4 Å². The highest BCUT2D eigenvalue weighted by Gasteiger charge is 2.07. The number of amides is 1.